The van der Waals surface area contributed by atoms with Crippen molar-refractivity contribution >= 4 is 5.91 Å². The van der Waals surface area contributed by atoms with Crippen molar-refractivity contribution in [2.45, 2.75) is 87.3 Å². The number of nitrogens with zero attached hydrogens (tertiary/aromatic N) is 1. The van der Waals surface area contributed by atoms with E-state index >= 15 is 0 Å². The van der Waals surface area contributed by atoms with Crippen LogP contribution < -0.4 is 5.32 Å². The summed E-state index contributed by atoms with van der Waals surface area (Å²) >= 11 is 0. The lowest BCUT2D eigenvalue weighted by Crippen LogP contribution is -2.54. The fourth-order valence-electron chi connectivity index (χ4n) is 6.89. The van der Waals surface area contributed by atoms with Gasteiger partial charge in [-0.2, -0.15) is 26.3 Å². The van der Waals surface area contributed by atoms with Gasteiger partial charge in [-0.1, -0.05) is 60.7 Å². The molecule has 5 rings (SSSR count). The number of hydrogen-bond donors (Lipinski definition) is 2. The lowest BCUT2D eigenvalue weighted by molar-refractivity contribution is -0.143. The predicted molar refractivity (Wildman–Crippen MR) is 159 cm³/mol. The summed E-state index contributed by atoms with van der Waals surface area (Å²) in [4.78, 5) is 16.0. The zero-order chi connectivity index (χ0) is 32.5. The van der Waals surface area contributed by atoms with E-state index in [1.165, 1.54) is 6.92 Å². The number of benzene rings is 3. The van der Waals surface area contributed by atoms with Crippen molar-refractivity contribution in [1.82, 2.24) is 10.2 Å². The molecule has 45 heavy (non-hydrogen) atoms. The Morgan fingerprint density at radius 2 is 1.36 bits per heavy atom. The van der Waals surface area contributed by atoms with E-state index in [-0.39, 0.29) is 17.7 Å². The molecule has 1 amide bonds. The highest BCUT2D eigenvalue weighted by molar-refractivity contribution is 5.84. The first-order valence-corrected chi connectivity index (χ1v) is 15.3. The maximum atomic E-state index is 13.6. The largest absolute Gasteiger partial charge is 0.416 e. The third-order valence-electron chi connectivity index (χ3n) is 9.62. The van der Waals surface area contributed by atoms with Gasteiger partial charge in [0.1, 0.15) is 0 Å². The predicted octanol–water partition coefficient (Wildman–Crippen LogP) is 7.85. The molecule has 3 aromatic carbocycles. The maximum Gasteiger partial charge on any atom is 0.416 e. The van der Waals surface area contributed by atoms with Crippen LogP contribution in [-0.2, 0) is 29.1 Å². The Hall–Kier alpha value is -3.37. The highest BCUT2D eigenvalue weighted by Crippen LogP contribution is 2.42. The minimum Gasteiger partial charge on any atom is -0.389 e. The van der Waals surface area contributed by atoms with E-state index in [4.69, 9.17) is 0 Å². The number of alkyl halides is 6. The molecule has 2 fully saturated rings. The Kier molecular flexibility index (Phi) is 9.38. The molecular weight excluding hydrogens is 594 g/mol. The number of carbonyl (C=O) groups excluding carboxylic acids is 1. The summed E-state index contributed by atoms with van der Waals surface area (Å²) in [7, 11) is 0. The van der Waals surface area contributed by atoms with Crippen LogP contribution in [0.2, 0.25) is 0 Å². The van der Waals surface area contributed by atoms with Crippen molar-refractivity contribution in [2.24, 2.45) is 0 Å². The van der Waals surface area contributed by atoms with Crippen molar-refractivity contribution in [3.63, 3.8) is 0 Å². The molecule has 2 N–H and O–H groups in total. The van der Waals surface area contributed by atoms with Gasteiger partial charge in [-0.3, -0.25) is 4.79 Å². The summed E-state index contributed by atoms with van der Waals surface area (Å²) in [5.74, 6) is -1.88. The van der Waals surface area contributed by atoms with E-state index in [0.29, 0.717) is 44.2 Å². The number of piperidine rings is 1. The van der Waals surface area contributed by atoms with Gasteiger partial charge < -0.3 is 15.3 Å². The van der Waals surface area contributed by atoms with Crippen LogP contribution in [0, 0.1) is 0 Å². The Bertz CT molecular complexity index is 1410. The lowest BCUT2D eigenvalue weighted by Gasteiger charge is -2.47. The van der Waals surface area contributed by atoms with Gasteiger partial charge in [0, 0.05) is 25.6 Å². The number of carbonyl (C=O) groups is 1. The minimum absolute atomic E-state index is 0.0734. The zero-order valence-corrected chi connectivity index (χ0v) is 25.1. The van der Waals surface area contributed by atoms with Crippen LogP contribution in [0.15, 0.2) is 78.9 Å². The van der Waals surface area contributed by atoms with Crippen molar-refractivity contribution in [3.05, 3.63) is 107 Å². The number of halogens is 6. The van der Waals surface area contributed by atoms with Crippen LogP contribution in [0.5, 0.6) is 0 Å². The molecule has 4 nitrogen and oxygen atoms in total. The van der Waals surface area contributed by atoms with E-state index < -0.39 is 46.4 Å². The topological polar surface area (TPSA) is 52.6 Å². The van der Waals surface area contributed by atoms with Gasteiger partial charge in [0.2, 0.25) is 5.91 Å². The average molecular weight is 633 g/mol. The van der Waals surface area contributed by atoms with Crippen LogP contribution >= 0.6 is 0 Å². The summed E-state index contributed by atoms with van der Waals surface area (Å²) in [6.45, 7) is 2.82. The van der Waals surface area contributed by atoms with Crippen molar-refractivity contribution < 1.29 is 36.2 Å². The van der Waals surface area contributed by atoms with Crippen LogP contribution in [0.3, 0.4) is 0 Å². The zero-order valence-electron chi connectivity index (χ0n) is 25.1. The molecule has 1 aliphatic heterocycles. The Balaban J connectivity index is 1.30. The van der Waals surface area contributed by atoms with Gasteiger partial charge in [0.15, 0.2) is 0 Å². The van der Waals surface area contributed by atoms with Crippen molar-refractivity contribution in [2.75, 3.05) is 13.1 Å². The fourth-order valence-corrected chi connectivity index (χ4v) is 6.89. The molecule has 1 saturated heterocycles. The quantitative estimate of drug-likeness (QED) is 0.261. The molecule has 0 bridgehead atoms. The lowest BCUT2D eigenvalue weighted by atomic mass is 9.73. The van der Waals surface area contributed by atoms with Crippen LogP contribution in [0.4, 0.5) is 26.3 Å². The summed E-state index contributed by atoms with van der Waals surface area (Å²) in [6, 6.07) is 20.8. The molecule has 242 valence electrons. The first-order chi connectivity index (χ1) is 21.2. The number of aliphatic hydroxyl groups is 1. The monoisotopic (exact) mass is 632 g/mol. The fraction of sp³-hybridized carbons (Fsp3) is 0.457. The molecular formula is C35H38F6N2O2. The SMILES string of the molecule is C[C@H](C(=O)NC1(c2ccccc2)CCC(N2CCC(O)(Cc3ccccc3)CC2)CC1)c1cc(C(F)(F)F)cc(C(F)(F)F)c1. The summed E-state index contributed by atoms with van der Waals surface area (Å²) in [5.41, 5.74) is -2.86. The number of amides is 1. The Labute approximate surface area is 259 Å². The van der Waals surface area contributed by atoms with Crippen molar-refractivity contribution in [1.29, 1.82) is 0 Å². The average Bonchev–Trinajstić information content (AvgIpc) is 3.01. The van der Waals surface area contributed by atoms with E-state index in [1.807, 2.05) is 60.7 Å². The third-order valence-corrected chi connectivity index (χ3v) is 9.62. The van der Waals surface area contributed by atoms with Crippen LogP contribution in [0.1, 0.15) is 79.2 Å². The minimum atomic E-state index is -5.00. The normalized spacial score (nSPS) is 23.3. The first kappa shape index (κ1) is 33.0. The molecule has 1 heterocycles. The molecule has 10 heteroatoms. The standard InChI is InChI=1S/C35H38F6N2O2/c1-24(26-20-28(34(36,37)38)22-29(21-26)35(39,40)41)31(44)42-33(27-10-6-3-7-11-27)14-12-30(13-15-33)43-18-16-32(45,17-19-43)23-25-8-4-2-5-9-25/h2-11,20-22,24,30,45H,12-19,23H2,1H3,(H,42,44)/t24-,30?,33?/m0/s1. The molecule has 1 aliphatic carbocycles. The second kappa shape index (κ2) is 12.8. The second-order valence-corrected chi connectivity index (χ2v) is 12.7. The maximum absolute atomic E-state index is 13.6. The van der Waals surface area contributed by atoms with E-state index in [2.05, 4.69) is 10.2 Å². The van der Waals surface area contributed by atoms with Gasteiger partial charge in [0.25, 0.3) is 0 Å². The van der Waals surface area contributed by atoms with Crippen molar-refractivity contribution in [3.8, 4) is 0 Å². The molecule has 0 radical (unpaired) electrons. The highest BCUT2D eigenvalue weighted by Gasteiger charge is 2.43. The van der Waals surface area contributed by atoms with E-state index in [0.717, 1.165) is 37.1 Å². The Morgan fingerprint density at radius 1 is 0.844 bits per heavy atom. The molecule has 0 spiro atoms. The smallest absolute Gasteiger partial charge is 0.389 e. The van der Waals surface area contributed by atoms with Gasteiger partial charge >= 0.3 is 12.4 Å². The summed E-state index contributed by atoms with van der Waals surface area (Å²) < 4.78 is 81.0. The van der Waals surface area contributed by atoms with Gasteiger partial charge in [-0.15, -0.1) is 0 Å². The van der Waals surface area contributed by atoms with E-state index in [9.17, 15) is 36.2 Å². The van der Waals surface area contributed by atoms with Crippen LogP contribution in [0.25, 0.3) is 0 Å². The first-order valence-electron chi connectivity index (χ1n) is 15.3. The third kappa shape index (κ3) is 7.72. The number of nitrogens with one attached hydrogen (secondary N) is 1. The van der Waals surface area contributed by atoms with E-state index in [1.54, 1.807) is 0 Å². The van der Waals surface area contributed by atoms with Gasteiger partial charge in [0.05, 0.1) is 28.2 Å². The van der Waals surface area contributed by atoms with Gasteiger partial charge in [-0.25, -0.2) is 0 Å². The molecule has 2 aliphatic rings. The Morgan fingerprint density at radius 3 is 1.87 bits per heavy atom. The molecule has 0 unspecified atom stereocenters. The molecule has 0 aromatic heterocycles. The highest BCUT2D eigenvalue weighted by atomic mass is 19.4. The summed E-state index contributed by atoms with van der Waals surface area (Å²) in [5, 5.41) is 14.3. The molecule has 1 saturated carbocycles. The van der Waals surface area contributed by atoms with Gasteiger partial charge in [-0.05, 0) is 80.3 Å². The molecule has 1 atom stereocenters. The second-order valence-electron chi connectivity index (χ2n) is 12.7. The number of hydrogen-bond acceptors (Lipinski definition) is 3. The number of rotatable bonds is 7. The number of likely N-dealkylation sites (tertiary alicyclic amines) is 1. The molecule has 3 aromatic rings. The summed E-state index contributed by atoms with van der Waals surface area (Å²) in [6.07, 6.45) is -5.51. The van der Waals surface area contributed by atoms with Crippen LogP contribution in [-0.4, -0.2) is 40.6 Å².